The Morgan fingerprint density at radius 2 is 1.93 bits per heavy atom. The SMILES string of the molecule is C[C@@H](C(=O)O)N(C)C(=O)CC(C)(S)S. The van der Waals surface area contributed by atoms with Crippen molar-refractivity contribution in [2.45, 2.75) is 30.4 Å². The Labute approximate surface area is 94.5 Å². The molecule has 1 N–H and O–H groups in total. The van der Waals surface area contributed by atoms with Crippen molar-refractivity contribution in [2.75, 3.05) is 7.05 Å². The van der Waals surface area contributed by atoms with Gasteiger partial charge in [0.05, 0.1) is 4.08 Å². The molecule has 0 radical (unpaired) electrons. The van der Waals surface area contributed by atoms with Crippen molar-refractivity contribution >= 4 is 37.1 Å². The number of carboxylic acids is 1. The summed E-state index contributed by atoms with van der Waals surface area (Å²) >= 11 is 8.16. The van der Waals surface area contributed by atoms with Crippen LogP contribution in [0.15, 0.2) is 0 Å². The summed E-state index contributed by atoms with van der Waals surface area (Å²) in [4.78, 5) is 23.2. The third-order valence-corrected chi connectivity index (χ3v) is 2.13. The van der Waals surface area contributed by atoms with E-state index >= 15 is 0 Å². The van der Waals surface area contributed by atoms with E-state index in [1.54, 1.807) is 6.92 Å². The molecule has 0 rings (SSSR count). The lowest BCUT2D eigenvalue weighted by atomic mass is 10.2. The summed E-state index contributed by atoms with van der Waals surface area (Å²) in [7, 11) is 1.45. The fourth-order valence-corrected chi connectivity index (χ4v) is 1.06. The molecule has 0 aromatic carbocycles. The smallest absolute Gasteiger partial charge is 0.326 e. The molecule has 14 heavy (non-hydrogen) atoms. The zero-order valence-corrected chi connectivity index (χ0v) is 10.2. The number of likely N-dealkylation sites (N-methyl/N-ethyl adjacent to an activating group) is 1. The number of hydrogen-bond donors (Lipinski definition) is 3. The van der Waals surface area contributed by atoms with Crippen LogP contribution >= 0.6 is 25.3 Å². The van der Waals surface area contributed by atoms with Crippen LogP contribution in [0.2, 0.25) is 0 Å². The molecule has 0 spiro atoms. The van der Waals surface area contributed by atoms with Crippen molar-refractivity contribution in [3.05, 3.63) is 0 Å². The van der Waals surface area contributed by atoms with Gasteiger partial charge in [-0.25, -0.2) is 4.79 Å². The molecule has 0 saturated heterocycles. The summed E-state index contributed by atoms with van der Waals surface area (Å²) in [5, 5.41) is 8.67. The average molecular weight is 237 g/mol. The Hall–Kier alpha value is -0.360. The van der Waals surface area contributed by atoms with Crippen molar-refractivity contribution in [3.63, 3.8) is 0 Å². The van der Waals surface area contributed by atoms with Crippen LogP contribution < -0.4 is 0 Å². The number of thiol groups is 2. The highest BCUT2D eigenvalue weighted by Crippen LogP contribution is 2.23. The molecular formula is C8H15NO3S2. The molecule has 1 atom stereocenters. The van der Waals surface area contributed by atoms with Crippen LogP contribution in [0.1, 0.15) is 20.3 Å². The second kappa shape index (κ2) is 4.93. The first-order chi connectivity index (χ1) is 6.15. The summed E-state index contributed by atoms with van der Waals surface area (Å²) in [5.74, 6) is -1.31. The number of rotatable bonds is 4. The van der Waals surface area contributed by atoms with Crippen LogP contribution in [-0.4, -0.2) is 39.1 Å². The molecule has 0 aliphatic rings. The van der Waals surface area contributed by atoms with Crippen molar-refractivity contribution < 1.29 is 14.7 Å². The van der Waals surface area contributed by atoms with Crippen LogP contribution in [0.3, 0.4) is 0 Å². The maximum atomic E-state index is 11.5. The number of nitrogens with zero attached hydrogens (tertiary/aromatic N) is 1. The lowest BCUT2D eigenvalue weighted by Gasteiger charge is -2.24. The number of aliphatic carboxylic acids is 1. The first-order valence-corrected chi connectivity index (χ1v) is 4.98. The van der Waals surface area contributed by atoms with Crippen LogP contribution in [0, 0.1) is 0 Å². The van der Waals surface area contributed by atoms with Crippen LogP contribution in [0.4, 0.5) is 0 Å². The van der Waals surface area contributed by atoms with Crippen LogP contribution in [-0.2, 0) is 9.59 Å². The van der Waals surface area contributed by atoms with E-state index in [0.29, 0.717) is 0 Å². The number of hydrogen-bond acceptors (Lipinski definition) is 4. The molecule has 6 heteroatoms. The monoisotopic (exact) mass is 237 g/mol. The zero-order valence-electron chi connectivity index (χ0n) is 8.39. The molecule has 0 aliphatic heterocycles. The van der Waals surface area contributed by atoms with E-state index in [4.69, 9.17) is 5.11 Å². The summed E-state index contributed by atoms with van der Waals surface area (Å²) in [6, 6.07) is -0.827. The van der Waals surface area contributed by atoms with E-state index in [1.165, 1.54) is 18.9 Å². The molecule has 0 unspecified atom stereocenters. The standard InChI is InChI=1S/C8H15NO3S2/c1-5(7(11)12)9(3)6(10)4-8(2,13)14/h5,13-14H,4H2,1-3H3,(H,11,12)/t5-/m0/s1. The molecule has 0 heterocycles. The Morgan fingerprint density at radius 1 is 1.50 bits per heavy atom. The van der Waals surface area contributed by atoms with Gasteiger partial charge >= 0.3 is 5.97 Å². The Balaban J connectivity index is 4.33. The Bertz CT molecular complexity index is 237. The van der Waals surface area contributed by atoms with E-state index in [2.05, 4.69) is 25.3 Å². The zero-order chi connectivity index (χ0) is 11.5. The van der Waals surface area contributed by atoms with E-state index < -0.39 is 16.1 Å². The van der Waals surface area contributed by atoms with Crippen LogP contribution in [0.25, 0.3) is 0 Å². The normalized spacial score (nSPS) is 13.5. The Kier molecular flexibility index (Phi) is 4.80. The maximum absolute atomic E-state index is 11.5. The first-order valence-electron chi connectivity index (χ1n) is 4.08. The van der Waals surface area contributed by atoms with E-state index in [0.717, 1.165) is 0 Å². The van der Waals surface area contributed by atoms with Gasteiger partial charge in [0.2, 0.25) is 5.91 Å². The molecule has 0 aromatic rings. The van der Waals surface area contributed by atoms with Crippen molar-refractivity contribution in [1.82, 2.24) is 4.90 Å². The summed E-state index contributed by atoms with van der Waals surface area (Å²) in [6.45, 7) is 3.13. The fourth-order valence-electron chi connectivity index (χ4n) is 0.793. The van der Waals surface area contributed by atoms with E-state index in [1.807, 2.05) is 0 Å². The second-order valence-corrected chi connectivity index (χ2v) is 5.74. The summed E-state index contributed by atoms with van der Waals surface area (Å²) in [5.41, 5.74) is 0. The average Bonchev–Trinajstić information content (AvgIpc) is 1.98. The summed E-state index contributed by atoms with van der Waals surface area (Å²) < 4.78 is -0.719. The molecule has 82 valence electrons. The van der Waals surface area contributed by atoms with Gasteiger partial charge in [-0.1, -0.05) is 0 Å². The number of carbonyl (C=O) groups excluding carboxylic acids is 1. The first kappa shape index (κ1) is 13.6. The van der Waals surface area contributed by atoms with E-state index in [9.17, 15) is 9.59 Å². The number of carbonyl (C=O) groups is 2. The molecular weight excluding hydrogens is 222 g/mol. The quantitative estimate of drug-likeness (QED) is 0.502. The third-order valence-electron chi connectivity index (χ3n) is 1.82. The predicted octanol–water partition coefficient (Wildman–Crippen LogP) is 0.884. The predicted molar refractivity (Wildman–Crippen MR) is 60.9 cm³/mol. The topological polar surface area (TPSA) is 57.6 Å². The van der Waals surface area contributed by atoms with Gasteiger partial charge in [-0.15, -0.1) is 0 Å². The third kappa shape index (κ3) is 4.76. The fraction of sp³-hybridized carbons (Fsp3) is 0.750. The second-order valence-electron chi connectivity index (χ2n) is 3.41. The van der Waals surface area contributed by atoms with Crippen molar-refractivity contribution in [2.24, 2.45) is 0 Å². The lowest BCUT2D eigenvalue weighted by Crippen LogP contribution is -2.41. The number of amides is 1. The van der Waals surface area contributed by atoms with Gasteiger partial charge < -0.3 is 10.0 Å². The van der Waals surface area contributed by atoms with Gasteiger partial charge in [0, 0.05) is 13.5 Å². The minimum Gasteiger partial charge on any atom is -0.480 e. The summed E-state index contributed by atoms with van der Waals surface area (Å²) in [6.07, 6.45) is 0.0906. The Morgan fingerprint density at radius 3 is 2.21 bits per heavy atom. The molecule has 1 amide bonds. The van der Waals surface area contributed by atoms with Gasteiger partial charge in [0.25, 0.3) is 0 Å². The lowest BCUT2D eigenvalue weighted by molar-refractivity contribution is -0.148. The minimum atomic E-state index is -1.03. The molecule has 0 aliphatic carbocycles. The highest BCUT2D eigenvalue weighted by Gasteiger charge is 2.26. The molecule has 0 aromatic heterocycles. The van der Waals surface area contributed by atoms with Gasteiger partial charge in [0.15, 0.2) is 0 Å². The van der Waals surface area contributed by atoms with Crippen molar-refractivity contribution in [3.8, 4) is 0 Å². The highest BCUT2D eigenvalue weighted by molar-refractivity contribution is 8.00. The molecule has 0 fully saturated rings. The van der Waals surface area contributed by atoms with Crippen molar-refractivity contribution in [1.29, 1.82) is 0 Å². The van der Waals surface area contributed by atoms with Crippen LogP contribution in [0.5, 0.6) is 0 Å². The maximum Gasteiger partial charge on any atom is 0.326 e. The van der Waals surface area contributed by atoms with Gasteiger partial charge in [0.1, 0.15) is 6.04 Å². The number of carboxylic acid groups (broad SMARTS) is 1. The minimum absolute atomic E-state index is 0.0906. The molecule has 0 bridgehead atoms. The van der Waals surface area contributed by atoms with Gasteiger partial charge in [-0.2, -0.15) is 25.3 Å². The van der Waals surface area contributed by atoms with E-state index in [-0.39, 0.29) is 12.3 Å². The highest BCUT2D eigenvalue weighted by atomic mass is 32.2. The molecule has 4 nitrogen and oxygen atoms in total. The largest absolute Gasteiger partial charge is 0.480 e. The van der Waals surface area contributed by atoms with Gasteiger partial charge in [-0.05, 0) is 13.8 Å². The van der Waals surface area contributed by atoms with Gasteiger partial charge in [-0.3, -0.25) is 4.79 Å². The molecule has 0 saturated carbocycles.